The minimum absolute atomic E-state index is 0. The van der Waals surface area contributed by atoms with E-state index in [4.69, 9.17) is 5.11 Å². The second kappa shape index (κ2) is 10.0. The van der Waals surface area contributed by atoms with Crippen molar-refractivity contribution in [1.82, 2.24) is 9.29 Å². The summed E-state index contributed by atoms with van der Waals surface area (Å²) >= 11 is 0. The van der Waals surface area contributed by atoms with Gasteiger partial charge in [0, 0.05) is 6.54 Å². The SMILES string of the molecule is CC(C)(C)c1ccc(CN(Cc2cccc(NCC(=O)O)n2)S(C)(=O)=O)cc1.Cl. The largest absolute Gasteiger partial charge is 0.480 e. The van der Waals surface area contributed by atoms with Crippen molar-refractivity contribution in [1.29, 1.82) is 0 Å². The van der Waals surface area contributed by atoms with E-state index < -0.39 is 16.0 Å². The number of halogens is 1. The first-order chi connectivity index (χ1) is 12.9. The van der Waals surface area contributed by atoms with Crippen LogP contribution in [0.25, 0.3) is 0 Å². The predicted octanol–water partition coefficient (Wildman–Crippen LogP) is 3.26. The molecule has 0 saturated carbocycles. The number of carbonyl (C=O) groups is 1. The van der Waals surface area contributed by atoms with Crippen molar-refractivity contribution in [2.75, 3.05) is 18.1 Å². The lowest BCUT2D eigenvalue weighted by atomic mass is 9.87. The number of hydrogen-bond acceptors (Lipinski definition) is 5. The minimum Gasteiger partial charge on any atom is -0.480 e. The molecule has 2 rings (SSSR count). The molecule has 29 heavy (non-hydrogen) atoms. The number of aliphatic carboxylic acids is 1. The van der Waals surface area contributed by atoms with Gasteiger partial charge in [-0.2, -0.15) is 4.31 Å². The first-order valence-electron chi connectivity index (χ1n) is 8.91. The second-order valence-corrected chi connectivity index (χ2v) is 9.72. The Morgan fingerprint density at radius 1 is 1.10 bits per heavy atom. The van der Waals surface area contributed by atoms with Crippen LogP contribution in [0.15, 0.2) is 42.5 Å². The Morgan fingerprint density at radius 3 is 2.24 bits per heavy atom. The molecule has 0 saturated heterocycles. The van der Waals surface area contributed by atoms with Gasteiger partial charge in [0.15, 0.2) is 0 Å². The van der Waals surface area contributed by atoms with E-state index in [-0.39, 0.29) is 37.5 Å². The smallest absolute Gasteiger partial charge is 0.322 e. The molecule has 7 nitrogen and oxygen atoms in total. The summed E-state index contributed by atoms with van der Waals surface area (Å²) in [5.74, 6) is -0.605. The number of sulfonamides is 1. The highest BCUT2D eigenvalue weighted by atomic mass is 35.5. The normalized spacial score (nSPS) is 11.8. The fourth-order valence-electron chi connectivity index (χ4n) is 2.62. The Kier molecular flexibility index (Phi) is 8.62. The van der Waals surface area contributed by atoms with E-state index in [1.54, 1.807) is 18.2 Å². The maximum absolute atomic E-state index is 12.3. The summed E-state index contributed by atoms with van der Waals surface area (Å²) in [4.78, 5) is 15.0. The zero-order valence-electron chi connectivity index (χ0n) is 17.0. The van der Waals surface area contributed by atoms with Crippen LogP contribution in [0.4, 0.5) is 5.82 Å². The summed E-state index contributed by atoms with van der Waals surface area (Å²) < 4.78 is 25.9. The monoisotopic (exact) mass is 441 g/mol. The fraction of sp³-hybridized carbons (Fsp3) is 0.400. The van der Waals surface area contributed by atoms with E-state index in [2.05, 4.69) is 31.1 Å². The zero-order chi connectivity index (χ0) is 20.9. The average Bonchev–Trinajstić information content (AvgIpc) is 2.59. The third kappa shape index (κ3) is 8.00. The third-order valence-corrected chi connectivity index (χ3v) is 5.41. The highest BCUT2D eigenvalue weighted by Crippen LogP contribution is 2.23. The molecule has 0 atom stereocenters. The first kappa shape index (κ1) is 24.9. The van der Waals surface area contributed by atoms with Gasteiger partial charge >= 0.3 is 5.97 Å². The van der Waals surface area contributed by atoms with E-state index in [1.165, 1.54) is 16.1 Å². The van der Waals surface area contributed by atoms with Crippen LogP contribution in [-0.2, 0) is 33.3 Å². The Morgan fingerprint density at radius 2 is 1.72 bits per heavy atom. The average molecular weight is 442 g/mol. The van der Waals surface area contributed by atoms with E-state index in [0.29, 0.717) is 11.5 Å². The number of carboxylic acid groups (broad SMARTS) is 1. The van der Waals surface area contributed by atoms with Crippen LogP contribution < -0.4 is 5.32 Å². The quantitative estimate of drug-likeness (QED) is 0.652. The molecular weight excluding hydrogens is 414 g/mol. The molecule has 0 aliphatic heterocycles. The maximum Gasteiger partial charge on any atom is 0.322 e. The van der Waals surface area contributed by atoms with Gasteiger partial charge in [0.2, 0.25) is 10.0 Å². The number of nitrogens with one attached hydrogen (secondary N) is 1. The molecule has 2 aromatic rings. The number of anilines is 1. The molecule has 0 bridgehead atoms. The summed E-state index contributed by atoms with van der Waals surface area (Å²) in [6.07, 6.45) is 1.17. The van der Waals surface area contributed by atoms with Crippen LogP contribution in [0.5, 0.6) is 0 Å². The summed E-state index contributed by atoms with van der Waals surface area (Å²) in [6.45, 7) is 6.46. The molecule has 0 radical (unpaired) electrons. The molecule has 0 amide bonds. The van der Waals surface area contributed by atoms with Crippen LogP contribution >= 0.6 is 12.4 Å². The number of nitrogens with zero attached hydrogens (tertiary/aromatic N) is 2. The summed E-state index contributed by atoms with van der Waals surface area (Å²) in [5.41, 5.74) is 2.63. The maximum atomic E-state index is 12.3. The topological polar surface area (TPSA) is 99.6 Å². The molecule has 0 unspecified atom stereocenters. The third-order valence-electron chi connectivity index (χ3n) is 4.21. The number of benzene rings is 1. The fourth-order valence-corrected chi connectivity index (χ4v) is 3.37. The molecule has 0 aliphatic rings. The predicted molar refractivity (Wildman–Crippen MR) is 117 cm³/mol. The van der Waals surface area contributed by atoms with Gasteiger partial charge in [-0.15, -0.1) is 12.4 Å². The lowest BCUT2D eigenvalue weighted by Crippen LogP contribution is -2.29. The van der Waals surface area contributed by atoms with Gasteiger partial charge in [-0.3, -0.25) is 4.79 Å². The van der Waals surface area contributed by atoms with E-state index in [9.17, 15) is 13.2 Å². The van der Waals surface area contributed by atoms with E-state index >= 15 is 0 Å². The van der Waals surface area contributed by atoms with Gasteiger partial charge in [0.25, 0.3) is 0 Å². The minimum atomic E-state index is -3.46. The number of carboxylic acids is 1. The van der Waals surface area contributed by atoms with Crippen molar-refractivity contribution in [3.63, 3.8) is 0 Å². The molecule has 9 heteroatoms. The van der Waals surface area contributed by atoms with Gasteiger partial charge in [-0.05, 0) is 28.7 Å². The zero-order valence-corrected chi connectivity index (χ0v) is 18.7. The Labute approximate surface area is 178 Å². The summed E-state index contributed by atoms with van der Waals surface area (Å²) in [5, 5.41) is 11.4. The number of rotatable bonds is 8. The molecular formula is C20H28ClN3O4S. The van der Waals surface area contributed by atoms with Crippen molar-refractivity contribution in [3.05, 3.63) is 59.3 Å². The van der Waals surface area contributed by atoms with E-state index in [0.717, 1.165) is 5.56 Å². The number of aromatic nitrogens is 1. The van der Waals surface area contributed by atoms with E-state index in [1.807, 2.05) is 24.3 Å². The first-order valence-corrected chi connectivity index (χ1v) is 10.8. The summed E-state index contributed by atoms with van der Waals surface area (Å²) in [7, 11) is -3.46. The highest BCUT2D eigenvalue weighted by molar-refractivity contribution is 7.88. The van der Waals surface area contributed by atoms with Gasteiger partial charge in [0.05, 0.1) is 18.5 Å². The lowest BCUT2D eigenvalue weighted by molar-refractivity contribution is -0.134. The van der Waals surface area contributed by atoms with Crippen molar-refractivity contribution in [2.24, 2.45) is 0 Å². The van der Waals surface area contributed by atoms with Crippen LogP contribution in [0.3, 0.4) is 0 Å². The van der Waals surface area contributed by atoms with Crippen LogP contribution in [-0.4, -0.2) is 41.6 Å². The van der Waals surface area contributed by atoms with Crippen molar-refractivity contribution >= 4 is 34.2 Å². The Balaban J connectivity index is 0.00000420. The van der Waals surface area contributed by atoms with Gasteiger partial charge in [0.1, 0.15) is 12.4 Å². The number of hydrogen-bond donors (Lipinski definition) is 2. The molecule has 1 aromatic heterocycles. The second-order valence-electron chi connectivity index (χ2n) is 7.74. The van der Waals surface area contributed by atoms with Gasteiger partial charge < -0.3 is 10.4 Å². The van der Waals surface area contributed by atoms with Crippen molar-refractivity contribution < 1.29 is 18.3 Å². The van der Waals surface area contributed by atoms with Crippen molar-refractivity contribution in [2.45, 2.75) is 39.3 Å². The molecule has 0 spiro atoms. The Bertz CT molecular complexity index is 925. The van der Waals surface area contributed by atoms with Gasteiger partial charge in [-0.25, -0.2) is 13.4 Å². The van der Waals surface area contributed by atoms with Crippen LogP contribution in [0.2, 0.25) is 0 Å². The molecule has 160 valence electrons. The highest BCUT2D eigenvalue weighted by Gasteiger charge is 2.19. The van der Waals surface area contributed by atoms with Crippen LogP contribution in [0.1, 0.15) is 37.6 Å². The van der Waals surface area contributed by atoms with Crippen molar-refractivity contribution in [3.8, 4) is 0 Å². The van der Waals surface area contributed by atoms with Gasteiger partial charge in [-0.1, -0.05) is 51.1 Å². The Hall–Kier alpha value is -2.16. The molecule has 1 aromatic carbocycles. The van der Waals surface area contributed by atoms with Crippen LogP contribution in [0, 0.1) is 0 Å². The molecule has 1 heterocycles. The lowest BCUT2D eigenvalue weighted by Gasteiger charge is -2.22. The number of pyridine rings is 1. The molecule has 0 aliphatic carbocycles. The summed E-state index contributed by atoms with van der Waals surface area (Å²) in [6, 6.07) is 13.0. The standard InChI is InChI=1S/C20H27N3O4S.ClH/c1-20(2,3)16-10-8-15(9-11-16)13-23(28(4,26)27)14-17-6-5-7-18(22-17)21-12-19(24)25;/h5-11H,12-14H2,1-4H3,(H,21,22)(H,24,25);1H. The molecule has 2 N–H and O–H groups in total. The molecule has 0 fully saturated rings.